The van der Waals surface area contributed by atoms with Crippen LogP contribution >= 0.6 is 0 Å². The first-order valence-corrected chi connectivity index (χ1v) is 7.43. The lowest BCUT2D eigenvalue weighted by Gasteiger charge is -2.27. The number of nitrogens with two attached hydrogens (primary N) is 1. The van der Waals surface area contributed by atoms with E-state index in [-0.39, 0.29) is 17.4 Å². The van der Waals surface area contributed by atoms with Crippen molar-refractivity contribution in [3.8, 4) is 5.69 Å². The van der Waals surface area contributed by atoms with Crippen LogP contribution in [-0.4, -0.2) is 21.5 Å². The molecule has 22 heavy (non-hydrogen) atoms. The Labute approximate surface area is 131 Å². The van der Waals surface area contributed by atoms with E-state index in [0.717, 1.165) is 11.3 Å². The van der Waals surface area contributed by atoms with E-state index >= 15 is 0 Å². The summed E-state index contributed by atoms with van der Waals surface area (Å²) in [5, 5.41) is 2.99. The zero-order chi connectivity index (χ0) is 16.3. The fourth-order valence-corrected chi connectivity index (χ4v) is 2.15. The highest BCUT2D eigenvalue weighted by Crippen LogP contribution is 2.20. The second-order valence-corrected chi connectivity index (χ2v) is 6.64. The van der Waals surface area contributed by atoms with Gasteiger partial charge in [-0.3, -0.25) is 4.79 Å². The van der Waals surface area contributed by atoms with Gasteiger partial charge in [-0.2, -0.15) is 0 Å². The highest BCUT2D eigenvalue weighted by atomic mass is 16.2. The maximum atomic E-state index is 12.2. The molecule has 1 unspecified atom stereocenters. The van der Waals surface area contributed by atoms with Crippen molar-refractivity contribution in [1.82, 2.24) is 14.9 Å². The minimum atomic E-state index is -0.535. The maximum Gasteiger partial charge on any atom is 0.237 e. The van der Waals surface area contributed by atoms with Gasteiger partial charge in [-0.05, 0) is 30.0 Å². The number of nitrogens with zero attached hydrogens (tertiary/aromatic N) is 2. The highest BCUT2D eigenvalue weighted by Gasteiger charge is 2.28. The van der Waals surface area contributed by atoms with Crippen LogP contribution in [0.3, 0.4) is 0 Å². The van der Waals surface area contributed by atoms with Gasteiger partial charge in [-0.15, -0.1) is 0 Å². The van der Waals surface area contributed by atoms with Crippen LogP contribution < -0.4 is 11.1 Å². The maximum absolute atomic E-state index is 12.2. The molecule has 2 atom stereocenters. The van der Waals surface area contributed by atoms with Crippen molar-refractivity contribution in [2.75, 3.05) is 0 Å². The number of hydrogen-bond donors (Lipinski definition) is 2. The molecule has 0 aliphatic heterocycles. The van der Waals surface area contributed by atoms with Gasteiger partial charge in [0.15, 0.2) is 0 Å². The van der Waals surface area contributed by atoms with Crippen LogP contribution in [0, 0.1) is 5.41 Å². The molecule has 5 nitrogen and oxygen atoms in total. The molecule has 1 aromatic carbocycles. The topological polar surface area (TPSA) is 72.9 Å². The second kappa shape index (κ2) is 6.32. The number of benzene rings is 1. The first kappa shape index (κ1) is 16.2. The smallest absolute Gasteiger partial charge is 0.237 e. The summed E-state index contributed by atoms with van der Waals surface area (Å²) in [4.78, 5) is 16.3. The number of hydrogen-bond acceptors (Lipinski definition) is 3. The zero-order valence-electron chi connectivity index (χ0n) is 13.6. The first-order valence-electron chi connectivity index (χ1n) is 7.43. The van der Waals surface area contributed by atoms with Crippen LogP contribution in [0.1, 0.15) is 39.3 Å². The van der Waals surface area contributed by atoms with Gasteiger partial charge in [0.25, 0.3) is 0 Å². The Bertz CT molecular complexity index is 628. The number of amides is 1. The van der Waals surface area contributed by atoms with Crippen molar-refractivity contribution in [2.24, 2.45) is 11.1 Å². The molecule has 0 saturated carbocycles. The SMILES string of the molecule is CC(NC(=O)[C@@H](N)C(C)(C)C)c1cccc(-n2ccnc2)c1. The molecular formula is C17H24N4O. The molecule has 0 saturated heterocycles. The molecule has 118 valence electrons. The van der Waals surface area contributed by atoms with E-state index in [2.05, 4.69) is 10.3 Å². The minimum absolute atomic E-state index is 0.107. The van der Waals surface area contributed by atoms with Crippen molar-refractivity contribution in [3.63, 3.8) is 0 Å². The molecule has 3 N–H and O–H groups in total. The molecule has 0 aliphatic carbocycles. The Hall–Kier alpha value is -2.14. The van der Waals surface area contributed by atoms with Gasteiger partial charge in [-0.25, -0.2) is 4.98 Å². The van der Waals surface area contributed by atoms with Gasteiger partial charge >= 0.3 is 0 Å². The lowest BCUT2D eigenvalue weighted by Crippen LogP contribution is -2.49. The van der Waals surface area contributed by atoms with Gasteiger partial charge in [0, 0.05) is 18.1 Å². The fraction of sp³-hybridized carbons (Fsp3) is 0.412. The number of carbonyl (C=O) groups is 1. The summed E-state index contributed by atoms with van der Waals surface area (Å²) >= 11 is 0. The van der Waals surface area contributed by atoms with Gasteiger partial charge in [0.05, 0.1) is 18.4 Å². The second-order valence-electron chi connectivity index (χ2n) is 6.64. The largest absolute Gasteiger partial charge is 0.348 e. The molecule has 1 heterocycles. The van der Waals surface area contributed by atoms with Crippen molar-refractivity contribution in [1.29, 1.82) is 0 Å². The predicted octanol–water partition coefficient (Wildman–Crippen LogP) is 2.42. The minimum Gasteiger partial charge on any atom is -0.348 e. The van der Waals surface area contributed by atoms with Crippen molar-refractivity contribution in [3.05, 3.63) is 48.5 Å². The Morgan fingerprint density at radius 3 is 2.68 bits per heavy atom. The van der Waals surface area contributed by atoms with Crippen molar-refractivity contribution < 1.29 is 4.79 Å². The summed E-state index contributed by atoms with van der Waals surface area (Å²) < 4.78 is 1.93. The molecule has 0 fully saturated rings. The predicted molar refractivity (Wildman–Crippen MR) is 87.6 cm³/mol. The average Bonchev–Trinajstić information content (AvgIpc) is 2.99. The molecule has 5 heteroatoms. The number of carbonyl (C=O) groups excluding carboxylic acids is 1. The molecule has 0 bridgehead atoms. The number of imidazole rings is 1. The molecule has 1 aromatic heterocycles. The monoisotopic (exact) mass is 300 g/mol. The number of nitrogens with one attached hydrogen (secondary N) is 1. The summed E-state index contributed by atoms with van der Waals surface area (Å²) in [5.41, 5.74) is 7.78. The van der Waals surface area contributed by atoms with Gasteiger partial charge in [-0.1, -0.05) is 32.9 Å². The lowest BCUT2D eigenvalue weighted by molar-refractivity contribution is -0.125. The van der Waals surface area contributed by atoms with Crippen molar-refractivity contribution >= 4 is 5.91 Å². The molecule has 0 spiro atoms. The normalized spacial score (nSPS) is 14.4. The Balaban J connectivity index is 2.12. The highest BCUT2D eigenvalue weighted by molar-refractivity contribution is 5.82. The van der Waals surface area contributed by atoms with E-state index in [1.165, 1.54) is 0 Å². The van der Waals surface area contributed by atoms with Crippen LogP contribution in [-0.2, 0) is 4.79 Å². The molecule has 0 aliphatic rings. The van der Waals surface area contributed by atoms with E-state index in [1.807, 2.05) is 62.7 Å². The van der Waals surface area contributed by atoms with Gasteiger partial charge in [0.1, 0.15) is 0 Å². The summed E-state index contributed by atoms with van der Waals surface area (Å²) in [6.07, 6.45) is 5.37. The Morgan fingerprint density at radius 2 is 2.09 bits per heavy atom. The lowest BCUT2D eigenvalue weighted by atomic mass is 9.86. The number of aromatic nitrogens is 2. The Morgan fingerprint density at radius 1 is 1.36 bits per heavy atom. The third-order valence-corrected chi connectivity index (χ3v) is 3.75. The van der Waals surface area contributed by atoms with E-state index < -0.39 is 6.04 Å². The van der Waals surface area contributed by atoms with Crippen molar-refractivity contribution in [2.45, 2.75) is 39.8 Å². The molecule has 2 aromatic rings. The van der Waals surface area contributed by atoms with E-state index in [4.69, 9.17) is 5.73 Å². The number of rotatable bonds is 4. The quantitative estimate of drug-likeness (QED) is 0.910. The van der Waals surface area contributed by atoms with Crippen LogP contribution in [0.25, 0.3) is 5.69 Å². The van der Waals surface area contributed by atoms with E-state index in [1.54, 1.807) is 12.5 Å². The molecular weight excluding hydrogens is 276 g/mol. The van der Waals surface area contributed by atoms with Gasteiger partial charge < -0.3 is 15.6 Å². The summed E-state index contributed by atoms with van der Waals surface area (Å²) in [6.45, 7) is 7.84. The van der Waals surface area contributed by atoms with Crippen LogP contribution in [0.4, 0.5) is 0 Å². The third-order valence-electron chi connectivity index (χ3n) is 3.75. The van der Waals surface area contributed by atoms with Gasteiger partial charge in [0.2, 0.25) is 5.91 Å². The summed E-state index contributed by atoms with van der Waals surface area (Å²) in [7, 11) is 0. The van der Waals surface area contributed by atoms with E-state index in [0.29, 0.717) is 0 Å². The summed E-state index contributed by atoms with van der Waals surface area (Å²) in [6, 6.07) is 7.36. The first-order chi connectivity index (χ1) is 10.3. The fourth-order valence-electron chi connectivity index (χ4n) is 2.15. The molecule has 2 rings (SSSR count). The average molecular weight is 300 g/mol. The molecule has 1 amide bonds. The molecule has 0 radical (unpaired) electrons. The van der Waals surface area contributed by atoms with E-state index in [9.17, 15) is 4.79 Å². The van der Waals surface area contributed by atoms with Crippen LogP contribution in [0.2, 0.25) is 0 Å². The Kier molecular flexibility index (Phi) is 4.66. The summed E-state index contributed by atoms with van der Waals surface area (Å²) in [5.74, 6) is -0.131. The van der Waals surface area contributed by atoms with Crippen LogP contribution in [0.15, 0.2) is 43.0 Å². The standard InChI is InChI=1S/C17H24N4O/c1-12(20-16(22)15(18)17(2,3)4)13-6-5-7-14(10-13)21-9-8-19-11-21/h5-12,15H,18H2,1-4H3,(H,20,22)/t12?,15-/m1/s1. The third kappa shape index (κ3) is 3.74. The zero-order valence-corrected chi connectivity index (χ0v) is 13.6. The van der Waals surface area contributed by atoms with Crippen LogP contribution in [0.5, 0.6) is 0 Å².